The van der Waals surface area contributed by atoms with Gasteiger partial charge in [-0.1, -0.05) is 170 Å². The largest absolute Gasteiger partial charge is 0.333 e. The first kappa shape index (κ1) is 35.4. The highest BCUT2D eigenvalue weighted by Crippen LogP contribution is 2.66. The first-order chi connectivity index (χ1) is 26.5. The summed E-state index contributed by atoms with van der Waals surface area (Å²) < 4.78 is 1.34. The highest BCUT2D eigenvalue weighted by atomic mass is 32.1. The molecule has 2 aliphatic carbocycles. The van der Waals surface area contributed by atoms with E-state index in [9.17, 15) is 0 Å². The van der Waals surface area contributed by atoms with Crippen molar-refractivity contribution in [3.8, 4) is 22.3 Å². The van der Waals surface area contributed by atoms with Crippen LogP contribution in [0.3, 0.4) is 0 Å². The number of benzene rings is 7. The third-order valence-electron chi connectivity index (χ3n) is 11.3. The van der Waals surface area contributed by atoms with Crippen LogP contribution in [0.2, 0.25) is 0 Å². The van der Waals surface area contributed by atoms with Crippen molar-refractivity contribution in [2.45, 2.75) is 37.6 Å². The topological polar surface area (TPSA) is 52.0 Å². The van der Waals surface area contributed by atoms with Crippen molar-refractivity contribution < 1.29 is 0 Å². The summed E-state index contributed by atoms with van der Waals surface area (Å²) in [5.41, 5.74) is 25.9. The summed E-state index contributed by atoms with van der Waals surface area (Å²) >= 11 is 1.96. The normalized spacial score (nSPS) is 15.6. The Bertz CT molecular complexity index is 2630. The van der Waals surface area contributed by atoms with E-state index in [4.69, 9.17) is 5.73 Å². The first-order valence-corrected chi connectivity index (χ1v) is 19.7. The fourth-order valence-electron chi connectivity index (χ4n) is 8.72. The maximum absolute atomic E-state index is 7.37. The molecule has 10 rings (SSSR count). The lowest BCUT2D eigenvalue weighted by molar-refractivity contribution is 0.631. The van der Waals surface area contributed by atoms with Crippen LogP contribution in [-0.4, -0.2) is 7.05 Å². The van der Waals surface area contributed by atoms with Crippen LogP contribution in [0.5, 0.6) is 0 Å². The Hall–Kier alpha value is -5.58. The van der Waals surface area contributed by atoms with Crippen LogP contribution in [0.4, 0.5) is 0 Å². The van der Waals surface area contributed by atoms with Crippen molar-refractivity contribution in [1.82, 2.24) is 0 Å². The lowest BCUT2D eigenvalue weighted by atomic mass is 9.72. The summed E-state index contributed by atoms with van der Waals surface area (Å²) in [5, 5.41) is 3.83. The average Bonchev–Trinajstić information content (AvgIpc) is 3.86. The van der Waals surface area contributed by atoms with Gasteiger partial charge < -0.3 is 11.5 Å². The van der Waals surface area contributed by atoms with Gasteiger partial charge in [0.25, 0.3) is 0 Å². The minimum atomic E-state index is -0.391. The molecule has 8 aromatic rings. The van der Waals surface area contributed by atoms with Gasteiger partial charge in [-0.15, -0.1) is 17.9 Å². The number of nitrogens with two attached hydrogens (primary N) is 2. The molecule has 1 aromatic heterocycles. The second-order valence-corrected chi connectivity index (χ2v) is 15.3. The maximum Gasteiger partial charge on any atom is 0.0819 e. The van der Waals surface area contributed by atoms with Gasteiger partial charge in [0.1, 0.15) is 0 Å². The standard InChI is InChI=1S/C45H31NS.C5H10.CH5N/c46-43(29-14-2-1-3-15-29)41(34-21-12-16-28-13-4-5-17-31(28)34)30-25-26-33-32-18-6-9-22-37(32)45(39(33)27-30)38-23-10-7-19-35(38)42-36-20-8-11-24-40(36)47-44(42)45;1-4-5(2)3;1-2/h1-27,41,43H,46H2;2,4H2,1,3H3;2H2,1H3. The zero-order valence-corrected chi connectivity index (χ0v) is 32.0. The summed E-state index contributed by atoms with van der Waals surface area (Å²) in [6, 6.07) is 60.1. The first-order valence-electron chi connectivity index (χ1n) is 18.9. The third-order valence-corrected chi connectivity index (χ3v) is 12.6. The van der Waals surface area contributed by atoms with Crippen LogP contribution in [0.1, 0.15) is 70.5 Å². The zero-order chi connectivity index (χ0) is 37.4. The van der Waals surface area contributed by atoms with E-state index in [1.807, 2.05) is 18.3 Å². The molecule has 0 amide bonds. The Morgan fingerprint density at radius 3 is 1.93 bits per heavy atom. The zero-order valence-electron chi connectivity index (χ0n) is 31.2. The van der Waals surface area contributed by atoms with Gasteiger partial charge in [-0.2, -0.15) is 0 Å². The molecule has 0 fully saturated rings. The van der Waals surface area contributed by atoms with Crippen LogP contribution in [0.25, 0.3) is 43.1 Å². The Morgan fingerprint density at radius 1 is 0.611 bits per heavy atom. The molecule has 0 aliphatic heterocycles. The molecule has 0 bridgehead atoms. The molecular formula is C51H46N2S. The van der Waals surface area contributed by atoms with Gasteiger partial charge in [-0.05, 0) is 87.3 Å². The van der Waals surface area contributed by atoms with Crippen LogP contribution >= 0.6 is 11.3 Å². The quantitative estimate of drug-likeness (QED) is 0.174. The summed E-state index contributed by atoms with van der Waals surface area (Å²) in [4.78, 5) is 1.43. The molecule has 3 unspecified atom stereocenters. The van der Waals surface area contributed by atoms with Crippen LogP contribution in [-0.2, 0) is 5.41 Å². The smallest absolute Gasteiger partial charge is 0.0819 e. The number of rotatable bonds is 5. The molecule has 0 radical (unpaired) electrons. The van der Waals surface area contributed by atoms with Gasteiger partial charge in [0.15, 0.2) is 0 Å². The van der Waals surface area contributed by atoms with Crippen LogP contribution in [0, 0.1) is 0 Å². The molecule has 3 atom stereocenters. The molecule has 4 N–H and O–H groups in total. The Balaban J connectivity index is 0.000000549. The second kappa shape index (κ2) is 14.7. The van der Waals surface area contributed by atoms with Gasteiger partial charge in [-0.25, -0.2) is 0 Å². The van der Waals surface area contributed by atoms with Crippen molar-refractivity contribution in [2.24, 2.45) is 11.5 Å². The third kappa shape index (κ3) is 5.54. The molecule has 2 aliphatic rings. The van der Waals surface area contributed by atoms with Crippen molar-refractivity contribution in [2.75, 3.05) is 7.05 Å². The number of thiophene rings is 1. The molecule has 266 valence electrons. The highest BCUT2D eigenvalue weighted by Gasteiger charge is 2.53. The fourth-order valence-corrected chi connectivity index (χ4v) is 10.2. The number of fused-ring (bicyclic) bond motifs is 13. The van der Waals surface area contributed by atoms with Gasteiger partial charge in [-0.3, -0.25) is 0 Å². The number of allylic oxidation sites excluding steroid dienone is 1. The number of hydrogen-bond donors (Lipinski definition) is 2. The van der Waals surface area contributed by atoms with Crippen LogP contribution < -0.4 is 11.5 Å². The SMILES string of the molecule is C=C(C)CC.CN.NC(c1ccccc1)C(c1ccc2c(c1)C1(c3ccccc3-2)c2ccccc2-c2c1sc1ccccc21)c1cccc2ccccc12. The molecule has 1 spiro atoms. The van der Waals surface area contributed by atoms with E-state index in [1.54, 1.807) is 0 Å². The maximum atomic E-state index is 7.37. The van der Waals surface area contributed by atoms with Gasteiger partial charge in [0.2, 0.25) is 0 Å². The van der Waals surface area contributed by atoms with Crippen molar-refractivity contribution in [3.63, 3.8) is 0 Å². The van der Waals surface area contributed by atoms with E-state index in [-0.39, 0.29) is 12.0 Å². The molecule has 3 heteroatoms. The molecule has 1 heterocycles. The predicted octanol–water partition coefficient (Wildman–Crippen LogP) is 12.8. The Kier molecular flexibility index (Phi) is 9.64. The molecule has 7 aromatic carbocycles. The fraction of sp³-hybridized carbons (Fsp3) is 0.137. The highest BCUT2D eigenvalue weighted by molar-refractivity contribution is 7.20. The summed E-state index contributed by atoms with van der Waals surface area (Å²) in [6.45, 7) is 7.80. The van der Waals surface area contributed by atoms with E-state index >= 15 is 0 Å². The summed E-state index contributed by atoms with van der Waals surface area (Å²) in [6.07, 6.45) is 1.11. The molecule has 54 heavy (non-hydrogen) atoms. The average molecular weight is 719 g/mol. The molecule has 0 saturated heterocycles. The van der Waals surface area contributed by atoms with Crippen molar-refractivity contribution >= 4 is 32.2 Å². The van der Waals surface area contributed by atoms with E-state index in [0.29, 0.717) is 0 Å². The van der Waals surface area contributed by atoms with Crippen molar-refractivity contribution in [1.29, 1.82) is 0 Å². The second-order valence-electron chi connectivity index (χ2n) is 14.2. The molecular weight excluding hydrogens is 673 g/mol. The molecule has 0 saturated carbocycles. The monoisotopic (exact) mass is 718 g/mol. The van der Waals surface area contributed by atoms with Crippen LogP contribution in [0.15, 0.2) is 176 Å². The van der Waals surface area contributed by atoms with Gasteiger partial charge in [0, 0.05) is 32.5 Å². The van der Waals surface area contributed by atoms with E-state index in [2.05, 4.69) is 183 Å². The molecule has 2 nitrogen and oxygen atoms in total. The number of hydrogen-bond acceptors (Lipinski definition) is 3. The van der Waals surface area contributed by atoms with Gasteiger partial charge in [0.05, 0.1) is 5.41 Å². The van der Waals surface area contributed by atoms with Gasteiger partial charge >= 0.3 is 0 Å². The van der Waals surface area contributed by atoms with Crippen molar-refractivity contribution in [3.05, 3.63) is 214 Å². The lowest BCUT2D eigenvalue weighted by Gasteiger charge is -2.31. The Morgan fingerprint density at radius 2 is 1.19 bits per heavy atom. The lowest BCUT2D eigenvalue weighted by Crippen LogP contribution is -2.26. The Labute approximate surface area is 323 Å². The summed E-state index contributed by atoms with van der Waals surface area (Å²) in [7, 11) is 1.50. The minimum Gasteiger partial charge on any atom is -0.333 e. The predicted molar refractivity (Wildman–Crippen MR) is 233 cm³/mol. The van der Waals surface area contributed by atoms with E-state index < -0.39 is 5.41 Å². The van der Waals surface area contributed by atoms with E-state index in [1.165, 1.54) is 88.4 Å². The minimum absolute atomic E-state index is 0.0481. The summed E-state index contributed by atoms with van der Waals surface area (Å²) in [5.74, 6) is -0.0481. The van der Waals surface area contributed by atoms with E-state index in [0.717, 1.165) is 12.0 Å².